The van der Waals surface area contributed by atoms with E-state index in [0.717, 1.165) is 34.4 Å². The van der Waals surface area contributed by atoms with Crippen molar-refractivity contribution < 1.29 is 4.79 Å². The first-order chi connectivity index (χ1) is 16.1. The standard InChI is InChI=1S/C27H32N6O/c1-7-31-24(34)21-23(33-17-27(5,6)30-25(31)33)32(16-26(2,3)4)22(29-21)19-13-14-20(28-15-19)18-11-9-8-10-12-18/h8-15H,7,16-17H2,1-6H3. The van der Waals surface area contributed by atoms with E-state index in [0.29, 0.717) is 25.3 Å². The molecule has 0 saturated carbocycles. The molecule has 34 heavy (non-hydrogen) atoms. The Hall–Kier alpha value is -3.48. The maximum absolute atomic E-state index is 13.5. The van der Waals surface area contributed by atoms with E-state index in [1.807, 2.05) is 43.5 Å². The fraction of sp³-hybridized carbons (Fsp3) is 0.407. The van der Waals surface area contributed by atoms with Crippen LogP contribution in [0.15, 0.2) is 53.7 Å². The maximum atomic E-state index is 13.5. The lowest BCUT2D eigenvalue weighted by Crippen LogP contribution is -2.51. The molecular formula is C27H32N6O. The number of aliphatic imine (C=N–C) groups is 1. The van der Waals surface area contributed by atoms with Gasteiger partial charge in [-0.05, 0) is 38.3 Å². The van der Waals surface area contributed by atoms with Gasteiger partial charge in [-0.15, -0.1) is 0 Å². The number of aromatic nitrogens is 3. The molecule has 7 heteroatoms. The lowest BCUT2D eigenvalue weighted by atomic mass is 9.96. The van der Waals surface area contributed by atoms with Gasteiger partial charge in [-0.25, -0.2) is 9.98 Å². The number of carbonyl (C=O) groups excluding carboxylic acids is 1. The average Bonchev–Trinajstić information content (AvgIpc) is 3.30. The molecule has 7 nitrogen and oxygen atoms in total. The summed E-state index contributed by atoms with van der Waals surface area (Å²) >= 11 is 0. The van der Waals surface area contributed by atoms with Gasteiger partial charge in [0.2, 0.25) is 5.96 Å². The number of rotatable bonds is 4. The molecule has 0 spiro atoms. The Bertz CT molecular complexity index is 1260. The summed E-state index contributed by atoms with van der Waals surface area (Å²) in [5.74, 6) is 2.25. The molecule has 0 atom stereocenters. The highest BCUT2D eigenvalue weighted by atomic mass is 16.2. The lowest BCUT2D eigenvalue weighted by Gasteiger charge is -2.35. The quantitative estimate of drug-likeness (QED) is 0.549. The predicted molar refractivity (Wildman–Crippen MR) is 136 cm³/mol. The number of hydrogen-bond donors (Lipinski definition) is 0. The Morgan fingerprint density at radius 3 is 2.38 bits per heavy atom. The van der Waals surface area contributed by atoms with Crippen molar-refractivity contribution in [2.75, 3.05) is 18.0 Å². The van der Waals surface area contributed by atoms with Crippen LogP contribution in [0.5, 0.6) is 0 Å². The van der Waals surface area contributed by atoms with Crippen LogP contribution in [0, 0.1) is 5.41 Å². The summed E-state index contributed by atoms with van der Waals surface area (Å²) in [6.45, 7) is 14.8. The zero-order chi connectivity index (χ0) is 24.3. The first-order valence-electron chi connectivity index (χ1n) is 11.9. The van der Waals surface area contributed by atoms with Crippen LogP contribution in [-0.2, 0) is 6.54 Å². The van der Waals surface area contributed by atoms with Gasteiger partial charge in [0.15, 0.2) is 5.69 Å². The van der Waals surface area contributed by atoms with E-state index in [1.165, 1.54) is 0 Å². The smallest absolute Gasteiger partial charge is 0.283 e. The molecule has 4 heterocycles. The number of hydrogen-bond acceptors (Lipinski definition) is 5. The first kappa shape index (κ1) is 22.3. The second-order valence-electron chi connectivity index (χ2n) is 10.9. The van der Waals surface area contributed by atoms with E-state index in [-0.39, 0.29) is 16.9 Å². The number of fused-ring (bicyclic) bond motifs is 3. The molecule has 5 rings (SSSR count). The van der Waals surface area contributed by atoms with Gasteiger partial charge in [0.05, 0.1) is 17.8 Å². The zero-order valence-corrected chi connectivity index (χ0v) is 20.8. The van der Waals surface area contributed by atoms with Crippen LogP contribution in [0.2, 0.25) is 0 Å². The Labute approximate surface area is 201 Å². The lowest BCUT2D eigenvalue weighted by molar-refractivity contribution is 0.0841. The number of imidazole rings is 1. The third-order valence-corrected chi connectivity index (χ3v) is 6.11. The van der Waals surface area contributed by atoms with Crippen LogP contribution in [0.25, 0.3) is 22.6 Å². The molecule has 0 aliphatic carbocycles. The normalized spacial score (nSPS) is 17.0. The van der Waals surface area contributed by atoms with E-state index in [4.69, 9.17) is 15.0 Å². The van der Waals surface area contributed by atoms with Gasteiger partial charge >= 0.3 is 0 Å². The highest BCUT2D eigenvalue weighted by Crippen LogP contribution is 2.39. The summed E-state index contributed by atoms with van der Waals surface area (Å²) in [6, 6.07) is 14.2. The highest BCUT2D eigenvalue weighted by molar-refractivity contribution is 6.18. The largest absolute Gasteiger partial charge is 0.309 e. The van der Waals surface area contributed by atoms with Crippen LogP contribution in [0.3, 0.4) is 0 Å². The van der Waals surface area contributed by atoms with E-state index >= 15 is 0 Å². The van der Waals surface area contributed by atoms with Crippen molar-refractivity contribution in [3.8, 4) is 22.6 Å². The maximum Gasteiger partial charge on any atom is 0.283 e. The van der Waals surface area contributed by atoms with E-state index < -0.39 is 0 Å². The molecule has 0 fully saturated rings. The predicted octanol–water partition coefficient (Wildman–Crippen LogP) is 5.09. The number of guanidine groups is 1. The fourth-order valence-electron chi connectivity index (χ4n) is 4.72. The van der Waals surface area contributed by atoms with Gasteiger partial charge in [0.1, 0.15) is 11.6 Å². The first-order valence-corrected chi connectivity index (χ1v) is 11.9. The number of nitrogens with zero attached hydrogens (tertiary/aromatic N) is 6. The highest BCUT2D eigenvalue weighted by Gasteiger charge is 2.46. The van der Waals surface area contributed by atoms with Gasteiger partial charge in [-0.3, -0.25) is 19.6 Å². The molecule has 1 aromatic carbocycles. The fourth-order valence-corrected chi connectivity index (χ4v) is 4.72. The number of carbonyl (C=O) groups is 1. The number of benzene rings is 1. The topological polar surface area (TPSA) is 66.6 Å². The molecule has 2 aliphatic heterocycles. The Kier molecular flexibility index (Phi) is 5.11. The van der Waals surface area contributed by atoms with E-state index in [9.17, 15) is 4.79 Å². The summed E-state index contributed by atoms with van der Waals surface area (Å²) < 4.78 is 2.19. The van der Waals surface area contributed by atoms with Crippen molar-refractivity contribution in [1.82, 2.24) is 19.4 Å². The van der Waals surface area contributed by atoms with Crippen molar-refractivity contribution in [2.45, 2.75) is 53.6 Å². The summed E-state index contributed by atoms with van der Waals surface area (Å²) in [7, 11) is 0. The third-order valence-electron chi connectivity index (χ3n) is 6.11. The van der Waals surface area contributed by atoms with Crippen molar-refractivity contribution in [3.05, 3.63) is 54.4 Å². The molecule has 0 radical (unpaired) electrons. The van der Waals surface area contributed by atoms with Gasteiger partial charge in [-0.2, -0.15) is 0 Å². The number of amides is 1. The molecule has 0 saturated heterocycles. The van der Waals surface area contributed by atoms with Gasteiger partial charge < -0.3 is 4.57 Å². The number of pyridine rings is 1. The molecule has 0 unspecified atom stereocenters. The second kappa shape index (κ2) is 7.79. The minimum atomic E-state index is -0.277. The molecule has 2 aliphatic rings. The average molecular weight is 457 g/mol. The van der Waals surface area contributed by atoms with Crippen LogP contribution >= 0.6 is 0 Å². The minimum absolute atomic E-state index is 0.0158. The van der Waals surface area contributed by atoms with Crippen LogP contribution in [-0.4, -0.2) is 49.9 Å². The minimum Gasteiger partial charge on any atom is -0.309 e. The van der Waals surface area contributed by atoms with Crippen molar-refractivity contribution in [2.24, 2.45) is 10.4 Å². The molecule has 2 aromatic heterocycles. The molecule has 0 bridgehead atoms. The summed E-state index contributed by atoms with van der Waals surface area (Å²) in [5.41, 5.74) is 3.07. The van der Waals surface area contributed by atoms with Crippen molar-refractivity contribution >= 4 is 17.7 Å². The van der Waals surface area contributed by atoms with Crippen molar-refractivity contribution in [1.29, 1.82) is 0 Å². The van der Waals surface area contributed by atoms with Crippen LogP contribution < -0.4 is 4.90 Å². The van der Waals surface area contributed by atoms with Crippen LogP contribution in [0.1, 0.15) is 52.0 Å². The van der Waals surface area contributed by atoms with E-state index in [1.54, 1.807) is 4.90 Å². The molecule has 3 aromatic rings. The molecule has 1 amide bonds. The van der Waals surface area contributed by atoms with E-state index in [2.05, 4.69) is 56.2 Å². The third kappa shape index (κ3) is 3.79. The SMILES string of the molecule is CCN1C(=O)c2nc(-c3ccc(-c4ccccc4)nc3)n(CC(C)(C)C)c2N2CC(C)(C)N=C12. The Morgan fingerprint density at radius 1 is 1.03 bits per heavy atom. The van der Waals surface area contributed by atoms with Gasteiger partial charge in [0.25, 0.3) is 5.91 Å². The zero-order valence-electron chi connectivity index (χ0n) is 20.8. The summed E-state index contributed by atoms with van der Waals surface area (Å²) in [6.07, 6.45) is 1.86. The molecule has 0 N–H and O–H groups in total. The molecular weight excluding hydrogens is 424 g/mol. The monoisotopic (exact) mass is 456 g/mol. The summed E-state index contributed by atoms with van der Waals surface area (Å²) in [4.78, 5) is 32.0. The van der Waals surface area contributed by atoms with Crippen molar-refractivity contribution in [3.63, 3.8) is 0 Å². The second-order valence-corrected chi connectivity index (χ2v) is 10.9. The Balaban J connectivity index is 1.66. The van der Waals surface area contributed by atoms with Crippen LogP contribution in [0.4, 0.5) is 5.82 Å². The molecule has 176 valence electrons. The van der Waals surface area contributed by atoms with Gasteiger partial charge in [-0.1, -0.05) is 51.1 Å². The van der Waals surface area contributed by atoms with Gasteiger partial charge in [0, 0.05) is 30.4 Å². The Morgan fingerprint density at radius 2 is 1.76 bits per heavy atom. The number of anilines is 1. The summed E-state index contributed by atoms with van der Waals surface area (Å²) in [5, 5.41) is 0.